The van der Waals surface area contributed by atoms with Gasteiger partial charge in [0.25, 0.3) is 0 Å². The number of thioether (sulfide) groups is 1. The summed E-state index contributed by atoms with van der Waals surface area (Å²) in [5.74, 6) is -0.0761. The van der Waals surface area contributed by atoms with Crippen LogP contribution in [-0.4, -0.2) is 47.8 Å². The van der Waals surface area contributed by atoms with E-state index < -0.39 is 5.82 Å². The Morgan fingerprint density at radius 3 is 2.45 bits per heavy atom. The van der Waals surface area contributed by atoms with Crippen LogP contribution in [0.25, 0.3) is 0 Å². The Balaban J connectivity index is 0.000000235. The van der Waals surface area contributed by atoms with Crippen molar-refractivity contribution < 1.29 is 19.0 Å². The largest absolute Gasteiger partial charge is 0.396 e. The van der Waals surface area contributed by atoms with Crippen LogP contribution >= 0.6 is 11.8 Å². The third kappa shape index (κ3) is 12.0. The highest BCUT2D eigenvalue weighted by Crippen LogP contribution is 2.38. The van der Waals surface area contributed by atoms with Gasteiger partial charge in [-0.2, -0.15) is 0 Å². The van der Waals surface area contributed by atoms with E-state index in [0.29, 0.717) is 24.5 Å². The van der Waals surface area contributed by atoms with E-state index in [1.807, 2.05) is 30.8 Å². The summed E-state index contributed by atoms with van der Waals surface area (Å²) < 4.78 is 16.8. The van der Waals surface area contributed by atoms with Crippen LogP contribution in [0.3, 0.4) is 0 Å². The number of nitrogens with zero attached hydrogens (tertiary/aromatic N) is 1. The third-order valence-electron chi connectivity index (χ3n) is 3.56. The molecule has 0 spiro atoms. The quantitative estimate of drug-likeness (QED) is 0.338. The number of rotatable bonds is 8. The number of halogens is 1. The van der Waals surface area contributed by atoms with Gasteiger partial charge in [-0.15, -0.1) is 11.8 Å². The Labute approximate surface area is 175 Å². The molecule has 1 aliphatic carbocycles. The lowest BCUT2D eigenvalue weighted by Crippen LogP contribution is -1.95. The molecule has 8 heteroatoms. The number of anilines is 1. The standard InChI is InChI=1S/C11H13NS.C6H5FN2O.C4H10O2/c1-8(12)9-2-4-10(5-3-9)13-11-6-7-11;7-5-1-2-6(8-3-5)9-4-10;1-6-4-2-3-5/h2-5,11-12H,6-7H2,1H3;1-4H,(H,8,9,10);5H,2-4H2,1H3. The highest BCUT2D eigenvalue weighted by molar-refractivity contribution is 8.00. The molecule has 1 heterocycles. The lowest BCUT2D eigenvalue weighted by molar-refractivity contribution is -0.105. The summed E-state index contributed by atoms with van der Waals surface area (Å²) in [5.41, 5.74) is 1.67. The van der Waals surface area contributed by atoms with Crippen LogP contribution in [0.5, 0.6) is 0 Å². The number of amides is 1. The van der Waals surface area contributed by atoms with Crippen molar-refractivity contribution in [2.24, 2.45) is 0 Å². The molecule has 1 amide bonds. The first kappa shape index (κ1) is 24.7. The minimum atomic E-state index is -0.420. The van der Waals surface area contributed by atoms with Crippen LogP contribution in [0.4, 0.5) is 10.2 Å². The molecule has 3 rings (SSSR count). The lowest BCUT2D eigenvalue weighted by atomic mass is 10.1. The zero-order chi connectivity index (χ0) is 21.5. The van der Waals surface area contributed by atoms with Crippen molar-refractivity contribution in [3.63, 3.8) is 0 Å². The van der Waals surface area contributed by atoms with Gasteiger partial charge < -0.3 is 20.6 Å². The van der Waals surface area contributed by atoms with Crippen molar-refractivity contribution >= 4 is 29.7 Å². The van der Waals surface area contributed by atoms with E-state index in [4.69, 9.17) is 10.5 Å². The molecule has 0 atom stereocenters. The fourth-order valence-corrected chi connectivity index (χ4v) is 2.94. The van der Waals surface area contributed by atoms with Crippen LogP contribution in [-0.2, 0) is 9.53 Å². The maximum absolute atomic E-state index is 12.1. The number of carbonyl (C=O) groups is 1. The van der Waals surface area contributed by atoms with Gasteiger partial charge in [-0.1, -0.05) is 12.1 Å². The zero-order valence-electron chi connectivity index (χ0n) is 16.7. The number of nitrogens with one attached hydrogen (secondary N) is 2. The number of aliphatic hydroxyl groups is 1. The van der Waals surface area contributed by atoms with Crippen molar-refractivity contribution in [2.75, 3.05) is 25.6 Å². The second-order valence-corrected chi connectivity index (χ2v) is 7.53. The molecule has 1 aromatic heterocycles. The predicted octanol–water partition coefficient (Wildman–Crippen LogP) is 4.13. The molecule has 0 bridgehead atoms. The van der Waals surface area contributed by atoms with Gasteiger partial charge >= 0.3 is 0 Å². The first-order valence-corrected chi connectivity index (χ1v) is 10.1. The predicted molar refractivity (Wildman–Crippen MR) is 115 cm³/mol. The third-order valence-corrected chi connectivity index (χ3v) is 4.90. The summed E-state index contributed by atoms with van der Waals surface area (Å²) >= 11 is 1.96. The molecule has 0 aliphatic heterocycles. The molecule has 0 saturated heterocycles. The number of aromatic nitrogens is 1. The van der Waals surface area contributed by atoms with E-state index in [2.05, 4.69) is 27.2 Å². The Morgan fingerprint density at radius 1 is 1.34 bits per heavy atom. The summed E-state index contributed by atoms with van der Waals surface area (Å²) in [7, 11) is 1.62. The smallest absolute Gasteiger partial charge is 0.212 e. The molecule has 158 valence electrons. The molecule has 6 nitrogen and oxygen atoms in total. The highest BCUT2D eigenvalue weighted by Gasteiger charge is 2.22. The van der Waals surface area contributed by atoms with Crippen LogP contribution in [0.2, 0.25) is 0 Å². The summed E-state index contributed by atoms with van der Waals surface area (Å²) in [5, 5.41) is 18.7. The lowest BCUT2D eigenvalue weighted by Gasteiger charge is -2.01. The van der Waals surface area contributed by atoms with Crippen molar-refractivity contribution in [1.29, 1.82) is 5.41 Å². The maximum atomic E-state index is 12.1. The summed E-state index contributed by atoms with van der Waals surface area (Å²) in [6.45, 7) is 2.72. The van der Waals surface area contributed by atoms with Gasteiger partial charge in [0.15, 0.2) is 0 Å². The van der Waals surface area contributed by atoms with E-state index >= 15 is 0 Å². The van der Waals surface area contributed by atoms with Crippen LogP contribution in [0.15, 0.2) is 47.5 Å². The Bertz CT molecular complexity index is 719. The SMILES string of the molecule is CC(=N)c1ccc(SC2CC2)cc1.COCCCO.O=CNc1ccc(F)cn1. The molecule has 1 aromatic carbocycles. The molecular formula is C21H28FN3O3S. The summed E-state index contributed by atoms with van der Waals surface area (Å²) in [6.07, 6.45) is 5.01. The number of carbonyl (C=O) groups excluding carboxylic acids is 1. The second-order valence-electron chi connectivity index (χ2n) is 6.16. The van der Waals surface area contributed by atoms with E-state index in [9.17, 15) is 9.18 Å². The fourth-order valence-electron chi connectivity index (χ4n) is 1.89. The summed E-state index contributed by atoms with van der Waals surface area (Å²) in [4.78, 5) is 14.7. The molecule has 1 saturated carbocycles. The van der Waals surface area contributed by atoms with Crippen molar-refractivity contribution in [3.8, 4) is 0 Å². The first-order valence-electron chi connectivity index (χ1n) is 9.24. The Morgan fingerprint density at radius 2 is 2.03 bits per heavy atom. The number of hydrogen-bond donors (Lipinski definition) is 3. The monoisotopic (exact) mass is 421 g/mol. The molecule has 1 aliphatic rings. The van der Waals surface area contributed by atoms with Gasteiger partial charge in [-0.25, -0.2) is 9.37 Å². The molecule has 1 fully saturated rings. The van der Waals surface area contributed by atoms with Gasteiger partial charge in [-0.05, 0) is 56.0 Å². The maximum Gasteiger partial charge on any atom is 0.212 e. The summed E-state index contributed by atoms with van der Waals surface area (Å²) in [6, 6.07) is 10.9. The van der Waals surface area contributed by atoms with E-state index in [1.54, 1.807) is 7.11 Å². The number of pyridine rings is 1. The van der Waals surface area contributed by atoms with E-state index in [0.717, 1.165) is 23.4 Å². The van der Waals surface area contributed by atoms with Gasteiger partial charge in [0.05, 0.1) is 6.20 Å². The van der Waals surface area contributed by atoms with Gasteiger partial charge in [0.1, 0.15) is 11.6 Å². The number of aliphatic hydroxyl groups excluding tert-OH is 1. The number of hydrogen-bond acceptors (Lipinski definition) is 6. The normalized spacial score (nSPS) is 12.0. The van der Waals surface area contributed by atoms with Crippen molar-refractivity contribution in [1.82, 2.24) is 4.98 Å². The fraction of sp³-hybridized carbons (Fsp3) is 0.381. The minimum Gasteiger partial charge on any atom is -0.396 e. The molecule has 0 unspecified atom stereocenters. The van der Waals surface area contributed by atoms with Gasteiger partial charge in [0.2, 0.25) is 6.41 Å². The van der Waals surface area contributed by atoms with E-state index in [-0.39, 0.29) is 6.61 Å². The molecule has 3 N–H and O–H groups in total. The van der Waals surface area contributed by atoms with Crippen molar-refractivity contribution in [2.45, 2.75) is 36.3 Å². The Hall–Kier alpha value is -2.29. The number of methoxy groups -OCH3 is 1. The van der Waals surface area contributed by atoms with Gasteiger partial charge in [-0.3, -0.25) is 4.79 Å². The molecule has 29 heavy (non-hydrogen) atoms. The van der Waals surface area contributed by atoms with Crippen LogP contribution in [0, 0.1) is 11.2 Å². The average Bonchev–Trinajstić information content (AvgIpc) is 3.54. The highest BCUT2D eigenvalue weighted by atomic mass is 32.2. The topological polar surface area (TPSA) is 95.3 Å². The van der Waals surface area contributed by atoms with Crippen molar-refractivity contribution in [3.05, 3.63) is 54.0 Å². The minimum absolute atomic E-state index is 0.230. The molecule has 2 aromatic rings. The first-order chi connectivity index (χ1) is 14.0. The van der Waals surface area contributed by atoms with Crippen LogP contribution < -0.4 is 5.32 Å². The van der Waals surface area contributed by atoms with E-state index in [1.165, 1.54) is 29.9 Å². The van der Waals surface area contributed by atoms with Crippen LogP contribution in [0.1, 0.15) is 31.7 Å². The molecule has 0 radical (unpaired) electrons. The molecular weight excluding hydrogens is 393 g/mol. The zero-order valence-corrected chi connectivity index (χ0v) is 17.5. The average molecular weight is 422 g/mol. The second kappa shape index (κ2) is 14.7. The Kier molecular flexibility index (Phi) is 12.5. The number of benzene rings is 1. The van der Waals surface area contributed by atoms with Gasteiger partial charge in [0, 0.05) is 36.2 Å². The number of ether oxygens (including phenoxy) is 1.